The van der Waals surface area contributed by atoms with E-state index in [-0.39, 0.29) is 5.76 Å². The van der Waals surface area contributed by atoms with Crippen LogP contribution >= 0.6 is 34.2 Å². The largest absolute Gasteiger partial charge is 0.488 e. The van der Waals surface area contributed by atoms with E-state index in [1.54, 1.807) is 0 Å². The highest BCUT2D eigenvalue weighted by Gasteiger charge is 2.23. The molecule has 0 atom stereocenters. The van der Waals surface area contributed by atoms with E-state index in [0.29, 0.717) is 27.5 Å². The molecule has 0 N–H and O–H groups in total. The van der Waals surface area contributed by atoms with Crippen molar-refractivity contribution in [1.82, 2.24) is 5.16 Å². The number of hydrogen-bond donors (Lipinski definition) is 0. The molecule has 0 unspecified atom stereocenters. The van der Waals surface area contributed by atoms with Crippen LogP contribution in [0.25, 0.3) is 11.3 Å². The smallest absolute Gasteiger partial charge is 0.291 e. The molecule has 0 bridgehead atoms. The van der Waals surface area contributed by atoms with Crippen LogP contribution in [0.5, 0.6) is 5.75 Å². The maximum absolute atomic E-state index is 11.5. The summed E-state index contributed by atoms with van der Waals surface area (Å²) < 4.78 is 11.9. The molecule has 0 amide bonds. The predicted octanol–water partition coefficient (Wildman–Crippen LogP) is 6.34. The van der Waals surface area contributed by atoms with Crippen LogP contribution in [0.1, 0.15) is 47.0 Å². The summed E-state index contributed by atoms with van der Waals surface area (Å²) in [7, 11) is 0. The van der Waals surface area contributed by atoms with Crippen molar-refractivity contribution in [2.45, 2.75) is 33.3 Å². The highest BCUT2D eigenvalue weighted by atomic mass is 127. The number of hydrogen-bond acceptors (Lipinski definition) is 4. The first-order valence-electron chi connectivity index (χ1n) is 8.55. The molecule has 0 aliphatic rings. The number of carbonyl (C=O) groups is 1. The van der Waals surface area contributed by atoms with E-state index in [1.165, 1.54) is 5.56 Å². The minimum absolute atomic E-state index is 0.0490. The Labute approximate surface area is 177 Å². The van der Waals surface area contributed by atoms with Crippen molar-refractivity contribution in [3.63, 3.8) is 0 Å². The first-order valence-corrected chi connectivity index (χ1v) is 10.0. The zero-order valence-corrected chi connectivity index (χ0v) is 18.2. The molecule has 0 spiro atoms. The predicted molar refractivity (Wildman–Crippen MR) is 114 cm³/mol. The van der Waals surface area contributed by atoms with Crippen LogP contribution in [-0.4, -0.2) is 10.4 Å². The third kappa shape index (κ3) is 4.35. The number of carbonyl (C=O) groups excluding carboxylic acids is 1. The van der Waals surface area contributed by atoms with Crippen LogP contribution in [0.15, 0.2) is 47.0 Å². The number of aromatic nitrogens is 1. The number of benzene rings is 2. The third-order valence-electron chi connectivity index (χ3n) is 4.30. The summed E-state index contributed by atoms with van der Waals surface area (Å²) in [6.07, 6.45) is 0. The van der Waals surface area contributed by atoms with Crippen LogP contribution in [0, 0.1) is 10.5 Å². The maximum Gasteiger partial charge on any atom is 0.291 e. The van der Waals surface area contributed by atoms with Gasteiger partial charge in [-0.2, -0.15) is 0 Å². The second kappa shape index (κ2) is 8.44. The number of aryl methyl sites for hydroxylation is 1. The second-order valence-corrected chi connectivity index (χ2v) is 8.00. The minimum Gasteiger partial charge on any atom is -0.488 e. The first kappa shape index (κ1) is 19.9. The lowest BCUT2D eigenvalue weighted by Crippen LogP contribution is -2.01. The Morgan fingerprint density at radius 1 is 1.26 bits per heavy atom. The highest BCUT2D eigenvalue weighted by Crippen LogP contribution is 2.38. The summed E-state index contributed by atoms with van der Waals surface area (Å²) in [5, 5.41) is 3.42. The summed E-state index contributed by atoms with van der Waals surface area (Å²) in [6, 6.07) is 14.0. The van der Waals surface area contributed by atoms with E-state index in [1.807, 2.05) is 59.0 Å². The van der Waals surface area contributed by atoms with Crippen LogP contribution in [0.4, 0.5) is 0 Å². The molecule has 0 aliphatic heterocycles. The Morgan fingerprint density at radius 3 is 2.56 bits per heavy atom. The van der Waals surface area contributed by atoms with Gasteiger partial charge in [0.05, 0.1) is 3.57 Å². The molecule has 4 nitrogen and oxygen atoms in total. The van der Waals surface area contributed by atoms with Gasteiger partial charge in [-0.1, -0.05) is 49.3 Å². The van der Waals surface area contributed by atoms with E-state index >= 15 is 0 Å². The van der Waals surface area contributed by atoms with Gasteiger partial charge in [0.25, 0.3) is 5.24 Å². The van der Waals surface area contributed by atoms with Crippen molar-refractivity contribution in [3.05, 3.63) is 68.5 Å². The van der Waals surface area contributed by atoms with E-state index in [2.05, 4.69) is 32.0 Å². The Balaban J connectivity index is 2.06. The minimum atomic E-state index is -0.666. The maximum atomic E-state index is 11.5. The molecule has 0 saturated heterocycles. The lowest BCUT2D eigenvalue weighted by Gasteiger charge is -2.16. The van der Waals surface area contributed by atoms with E-state index in [9.17, 15) is 4.79 Å². The van der Waals surface area contributed by atoms with Crippen molar-refractivity contribution in [3.8, 4) is 17.0 Å². The van der Waals surface area contributed by atoms with Gasteiger partial charge in [-0.15, -0.1) is 0 Å². The average molecular weight is 496 g/mol. The lowest BCUT2D eigenvalue weighted by molar-refractivity contribution is 0.104. The summed E-state index contributed by atoms with van der Waals surface area (Å²) in [4.78, 5) is 11.5. The standard InChI is InChI=1S/C21H19ClINO3/c1-12(2)15-10-16(19-18(23)20(21(22)25)27-24-19)17(9-13(15)3)26-11-14-7-5-4-6-8-14/h4-10,12H,11H2,1-3H3. The molecule has 0 fully saturated rings. The van der Waals surface area contributed by atoms with Crippen LogP contribution < -0.4 is 4.74 Å². The van der Waals surface area contributed by atoms with Gasteiger partial charge in [-0.25, -0.2) is 0 Å². The monoisotopic (exact) mass is 495 g/mol. The van der Waals surface area contributed by atoms with E-state index < -0.39 is 5.24 Å². The zero-order chi connectivity index (χ0) is 19.6. The fourth-order valence-corrected chi connectivity index (χ4v) is 3.95. The second-order valence-electron chi connectivity index (χ2n) is 6.58. The summed E-state index contributed by atoms with van der Waals surface area (Å²) >= 11 is 7.62. The molecule has 6 heteroatoms. The Hall–Kier alpha value is -1.86. The van der Waals surface area contributed by atoms with Gasteiger partial charge in [0, 0.05) is 5.56 Å². The topological polar surface area (TPSA) is 52.3 Å². The van der Waals surface area contributed by atoms with Crippen molar-refractivity contribution in [1.29, 1.82) is 0 Å². The van der Waals surface area contributed by atoms with Crippen LogP contribution in [-0.2, 0) is 6.61 Å². The number of nitrogens with zero attached hydrogens (tertiary/aromatic N) is 1. The van der Waals surface area contributed by atoms with Gasteiger partial charge >= 0.3 is 0 Å². The van der Waals surface area contributed by atoms with Crippen molar-refractivity contribution in [2.24, 2.45) is 0 Å². The Morgan fingerprint density at radius 2 is 1.96 bits per heavy atom. The van der Waals surface area contributed by atoms with Crippen LogP contribution in [0.2, 0.25) is 0 Å². The van der Waals surface area contributed by atoms with Crippen molar-refractivity contribution < 1.29 is 14.1 Å². The third-order valence-corrected chi connectivity index (χ3v) is 5.47. The quantitative estimate of drug-likeness (QED) is 0.296. The van der Waals surface area contributed by atoms with Crippen molar-refractivity contribution >= 4 is 39.4 Å². The SMILES string of the molecule is Cc1cc(OCc2ccccc2)c(-c2noc(C(=O)Cl)c2I)cc1C(C)C. The normalized spacial score (nSPS) is 11.0. The number of halogens is 2. The molecular weight excluding hydrogens is 477 g/mol. The summed E-state index contributed by atoms with van der Waals surface area (Å²) in [5.74, 6) is 1.08. The van der Waals surface area contributed by atoms with Crippen LogP contribution in [0.3, 0.4) is 0 Å². The molecular formula is C21H19ClINO3. The molecule has 3 aromatic rings. The highest BCUT2D eigenvalue weighted by molar-refractivity contribution is 14.1. The van der Waals surface area contributed by atoms with E-state index in [0.717, 1.165) is 16.7 Å². The first-order chi connectivity index (χ1) is 12.9. The molecule has 1 heterocycles. The van der Waals surface area contributed by atoms with Gasteiger partial charge in [-0.3, -0.25) is 4.79 Å². The number of ether oxygens (including phenoxy) is 1. The van der Waals surface area contributed by atoms with Gasteiger partial charge in [-0.05, 0) is 75.9 Å². The molecule has 2 aromatic carbocycles. The Bertz CT molecular complexity index is 967. The summed E-state index contributed by atoms with van der Waals surface area (Å²) in [6.45, 7) is 6.77. The van der Waals surface area contributed by atoms with Crippen molar-refractivity contribution in [2.75, 3.05) is 0 Å². The molecule has 140 valence electrons. The fraction of sp³-hybridized carbons (Fsp3) is 0.238. The molecule has 0 saturated carbocycles. The molecule has 1 aromatic heterocycles. The Kier molecular flexibility index (Phi) is 6.22. The average Bonchev–Trinajstić information content (AvgIpc) is 3.02. The lowest BCUT2D eigenvalue weighted by atomic mass is 9.94. The molecule has 0 radical (unpaired) electrons. The number of rotatable bonds is 6. The van der Waals surface area contributed by atoms with Gasteiger partial charge in [0.1, 0.15) is 18.1 Å². The molecule has 0 aliphatic carbocycles. The van der Waals surface area contributed by atoms with E-state index in [4.69, 9.17) is 20.9 Å². The van der Waals surface area contributed by atoms with Gasteiger partial charge in [0.15, 0.2) is 0 Å². The van der Waals surface area contributed by atoms with Gasteiger partial charge in [0.2, 0.25) is 5.76 Å². The zero-order valence-electron chi connectivity index (χ0n) is 15.3. The summed E-state index contributed by atoms with van der Waals surface area (Å²) in [5.41, 5.74) is 4.75. The molecule has 27 heavy (non-hydrogen) atoms. The fourth-order valence-electron chi connectivity index (χ4n) is 2.93. The van der Waals surface area contributed by atoms with Gasteiger partial charge < -0.3 is 9.26 Å². The molecule has 3 rings (SSSR count).